The molecule has 5 rings (SSSR count). The minimum absolute atomic E-state index is 0.448. The number of hydrogen-bond donors (Lipinski definition) is 2. The lowest BCUT2D eigenvalue weighted by atomic mass is 9.95. The predicted octanol–water partition coefficient (Wildman–Crippen LogP) is 7.43. The Morgan fingerprint density at radius 2 is 1.74 bits per heavy atom. The van der Waals surface area contributed by atoms with Crippen molar-refractivity contribution in [3.05, 3.63) is 76.9 Å². The summed E-state index contributed by atoms with van der Waals surface area (Å²) in [5.74, 6) is 1.51. The molecule has 34 heavy (non-hydrogen) atoms. The van der Waals surface area contributed by atoms with Crippen molar-refractivity contribution < 1.29 is 9.53 Å². The van der Waals surface area contributed by atoms with E-state index in [1.54, 1.807) is 12.1 Å². The van der Waals surface area contributed by atoms with Gasteiger partial charge in [-0.15, -0.1) is 0 Å². The number of imidazole rings is 1. The SMILES string of the molecule is Cc1ccc(OC(=O)Nc2ccc(-c3nc4ccc(Br)cn4c3NC3CCCCC3)cc2)cc1. The van der Waals surface area contributed by atoms with Crippen LogP contribution in [0.5, 0.6) is 5.75 Å². The molecular formula is C27H27BrN4O2. The second-order valence-corrected chi connectivity index (χ2v) is 9.68. The first kappa shape index (κ1) is 22.5. The summed E-state index contributed by atoms with van der Waals surface area (Å²) in [5.41, 5.74) is 4.54. The van der Waals surface area contributed by atoms with Gasteiger partial charge < -0.3 is 10.1 Å². The highest BCUT2D eigenvalue weighted by atomic mass is 79.9. The molecule has 2 N–H and O–H groups in total. The van der Waals surface area contributed by atoms with Gasteiger partial charge in [0.15, 0.2) is 0 Å². The number of carbonyl (C=O) groups excluding carboxylic acids is 1. The van der Waals surface area contributed by atoms with Crippen molar-refractivity contribution in [3.8, 4) is 17.0 Å². The normalized spacial score (nSPS) is 14.2. The molecule has 174 valence electrons. The zero-order valence-corrected chi connectivity index (χ0v) is 20.6. The van der Waals surface area contributed by atoms with E-state index < -0.39 is 6.09 Å². The van der Waals surface area contributed by atoms with Crippen molar-refractivity contribution in [1.29, 1.82) is 0 Å². The Balaban J connectivity index is 1.37. The molecule has 2 aromatic carbocycles. The van der Waals surface area contributed by atoms with Gasteiger partial charge in [-0.25, -0.2) is 9.78 Å². The van der Waals surface area contributed by atoms with Gasteiger partial charge in [0.2, 0.25) is 0 Å². The van der Waals surface area contributed by atoms with E-state index in [9.17, 15) is 4.79 Å². The van der Waals surface area contributed by atoms with Crippen molar-refractivity contribution in [2.24, 2.45) is 0 Å². The van der Waals surface area contributed by atoms with Crippen molar-refractivity contribution in [2.45, 2.75) is 45.1 Å². The third kappa shape index (κ3) is 5.09. The van der Waals surface area contributed by atoms with Crippen molar-refractivity contribution >= 4 is 39.2 Å². The Labute approximate surface area is 207 Å². The topological polar surface area (TPSA) is 67.7 Å². The standard InChI is InChI=1S/C27H27BrN4O2/c1-18-7-14-23(15-8-18)34-27(33)30-22-12-9-19(10-13-22)25-26(29-21-5-3-2-4-6-21)32-17-20(28)11-16-24(32)31-25/h7-17,21,29H,2-6H2,1H3,(H,30,33). The summed E-state index contributed by atoms with van der Waals surface area (Å²) in [6.07, 6.45) is 7.70. The maximum absolute atomic E-state index is 12.3. The van der Waals surface area contributed by atoms with E-state index in [0.717, 1.165) is 32.8 Å². The molecule has 1 amide bonds. The third-order valence-electron chi connectivity index (χ3n) is 6.16. The number of anilines is 2. The van der Waals surface area contributed by atoms with Crippen LogP contribution in [0.1, 0.15) is 37.7 Å². The number of nitrogens with one attached hydrogen (secondary N) is 2. The lowest BCUT2D eigenvalue weighted by Crippen LogP contribution is -2.23. The second-order valence-electron chi connectivity index (χ2n) is 8.77. The number of aryl methyl sites for hydroxylation is 1. The number of ether oxygens (including phenoxy) is 1. The molecule has 1 fully saturated rings. The van der Waals surface area contributed by atoms with Crippen LogP contribution in [0.2, 0.25) is 0 Å². The number of rotatable bonds is 5. The largest absolute Gasteiger partial charge is 0.417 e. The fourth-order valence-electron chi connectivity index (χ4n) is 4.37. The molecule has 0 aliphatic heterocycles. The van der Waals surface area contributed by atoms with Gasteiger partial charge in [0, 0.05) is 28.0 Å². The van der Waals surface area contributed by atoms with Crippen LogP contribution in [0.4, 0.5) is 16.3 Å². The van der Waals surface area contributed by atoms with Crippen molar-refractivity contribution in [1.82, 2.24) is 9.38 Å². The Kier molecular flexibility index (Phi) is 6.54. The number of pyridine rings is 1. The highest BCUT2D eigenvalue weighted by Gasteiger charge is 2.20. The summed E-state index contributed by atoms with van der Waals surface area (Å²) in [5, 5.41) is 6.56. The first-order valence-corrected chi connectivity index (χ1v) is 12.4. The van der Waals surface area contributed by atoms with Crippen LogP contribution in [0, 0.1) is 6.92 Å². The summed E-state index contributed by atoms with van der Waals surface area (Å²) in [4.78, 5) is 17.2. The minimum Gasteiger partial charge on any atom is -0.410 e. The van der Waals surface area contributed by atoms with Crippen LogP contribution in [0.15, 0.2) is 71.3 Å². The fourth-order valence-corrected chi connectivity index (χ4v) is 4.70. The van der Waals surface area contributed by atoms with Gasteiger partial charge in [-0.2, -0.15) is 0 Å². The Morgan fingerprint density at radius 3 is 2.47 bits per heavy atom. The lowest BCUT2D eigenvalue weighted by Gasteiger charge is -2.24. The van der Waals surface area contributed by atoms with Gasteiger partial charge in [0.05, 0.1) is 0 Å². The highest BCUT2D eigenvalue weighted by Crippen LogP contribution is 2.33. The fraction of sp³-hybridized carbons (Fsp3) is 0.259. The molecule has 1 saturated carbocycles. The van der Waals surface area contributed by atoms with Crippen LogP contribution in [0.3, 0.4) is 0 Å². The van der Waals surface area contributed by atoms with E-state index in [4.69, 9.17) is 9.72 Å². The van der Waals surface area contributed by atoms with Crippen molar-refractivity contribution in [2.75, 3.05) is 10.6 Å². The summed E-state index contributed by atoms with van der Waals surface area (Å²) >= 11 is 3.59. The molecule has 4 aromatic rings. The Hall–Kier alpha value is -3.32. The van der Waals surface area contributed by atoms with Crippen LogP contribution in [0.25, 0.3) is 16.9 Å². The quantitative estimate of drug-likeness (QED) is 0.288. The minimum atomic E-state index is -0.520. The van der Waals surface area contributed by atoms with Gasteiger partial charge >= 0.3 is 6.09 Å². The van der Waals surface area contributed by atoms with Crippen LogP contribution in [-0.4, -0.2) is 21.5 Å². The van der Waals surface area contributed by atoms with Gasteiger partial charge in [0.1, 0.15) is 22.9 Å². The monoisotopic (exact) mass is 518 g/mol. The molecule has 2 heterocycles. The number of fused-ring (bicyclic) bond motifs is 1. The maximum Gasteiger partial charge on any atom is 0.417 e. The summed E-state index contributed by atoms with van der Waals surface area (Å²) < 4.78 is 8.48. The molecule has 2 aromatic heterocycles. The number of amides is 1. The van der Waals surface area contributed by atoms with Crippen molar-refractivity contribution in [3.63, 3.8) is 0 Å². The van der Waals surface area contributed by atoms with E-state index in [1.165, 1.54) is 32.1 Å². The molecule has 0 bridgehead atoms. The van der Waals surface area contributed by atoms with E-state index in [1.807, 2.05) is 61.7 Å². The summed E-state index contributed by atoms with van der Waals surface area (Å²) in [6.45, 7) is 1.99. The second kappa shape index (κ2) is 9.89. The summed E-state index contributed by atoms with van der Waals surface area (Å²) in [6, 6.07) is 19.5. The first-order chi connectivity index (χ1) is 16.5. The zero-order valence-electron chi connectivity index (χ0n) is 19.1. The summed E-state index contributed by atoms with van der Waals surface area (Å²) in [7, 11) is 0. The van der Waals surface area contributed by atoms with E-state index >= 15 is 0 Å². The number of aromatic nitrogens is 2. The third-order valence-corrected chi connectivity index (χ3v) is 6.63. The molecule has 7 heteroatoms. The molecule has 0 saturated heterocycles. The van der Waals surface area contributed by atoms with Crippen LogP contribution >= 0.6 is 15.9 Å². The maximum atomic E-state index is 12.3. The van der Waals surface area contributed by atoms with Crippen LogP contribution < -0.4 is 15.4 Å². The van der Waals surface area contributed by atoms with E-state index in [0.29, 0.717) is 17.5 Å². The number of carbonyl (C=O) groups is 1. The zero-order chi connectivity index (χ0) is 23.5. The highest BCUT2D eigenvalue weighted by molar-refractivity contribution is 9.10. The van der Waals surface area contributed by atoms with Gasteiger partial charge in [0.25, 0.3) is 0 Å². The van der Waals surface area contributed by atoms with Gasteiger partial charge in [-0.05, 0) is 72.1 Å². The molecule has 0 radical (unpaired) electrons. The molecule has 1 aliphatic rings. The Bertz CT molecular complexity index is 1290. The predicted molar refractivity (Wildman–Crippen MR) is 140 cm³/mol. The number of nitrogens with zero attached hydrogens (tertiary/aromatic N) is 2. The lowest BCUT2D eigenvalue weighted by molar-refractivity contribution is 0.215. The number of benzene rings is 2. The average Bonchev–Trinajstić information content (AvgIpc) is 3.19. The smallest absolute Gasteiger partial charge is 0.410 e. The van der Waals surface area contributed by atoms with E-state index in [-0.39, 0.29) is 0 Å². The molecule has 6 nitrogen and oxygen atoms in total. The number of hydrogen-bond acceptors (Lipinski definition) is 4. The van der Waals surface area contributed by atoms with Gasteiger partial charge in [-0.1, -0.05) is 49.1 Å². The van der Waals surface area contributed by atoms with E-state index in [2.05, 4.69) is 31.0 Å². The molecular weight excluding hydrogens is 492 g/mol. The number of halogens is 1. The average molecular weight is 519 g/mol. The molecule has 0 unspecified atom stereocenters. The molecule has 0 spiro atoms. The van der Waals surface area contributed by atoms with Gasteiger partial charge in [-0.3, -0.25) is 9.72 Å². The molecule has 0 atom stereocenters. The van der Waals surface area contributed by atoms with Crippen LogP contribution in [-0.2, 0) is 0 Å². The first-order valence-electron chi connectivity index (χ1n) is 11.7. The molecule has 1 aliphatic carbocycles. The Morgan fingerprint density at radius 1 is 1.00 bits per heavy atom.